The summed E-state index contributed by atoms with van der Waals surface area (Å²) in [6, 6.07) is 3.84. The topological polar surface area (TPSA) is 38.3 Å². The van der Waals surface area contributed by atoms with Gasteiger partial charge in [-0.05, 0) is 54.4 Å². The summed E-state index contributed by atoms with van der Waals surface area (Å²) in [5, 5.41) is 3.41. The van der Waals surface area contributed by atoms with Gasteiger partial charge >= 0.3 is 5.97 Å². The number of esters is 1. The molecule has 1 aromatic rings. The highest BCUT2D eigenvalue weighted by Gasteiger charge is 2.27. The first-order chi connectivity index (χ1) is 8.35. The van der Waals surface area contributed by atoms with Gasteiger partial charge in [0.05, 0.1) is 18.2 Å². The van der Waals surface area contributed by atoms with Crippen LogP contribution in [0.15, 0.2) is 22.7 Å². The highest BCUT2D eigenvalue weighted by atomic mass is 79.9. The molecule has 0 radical (unpaired) electrons. The average molecular weight is 310 g/mol. The molecule has 0 atom stereocenters. The number of carbonyl (C=O) groups excluding carboxylic acids is 1. The van der Waals surface area contributed by atoms with Crippen LogP contribution in [0, 0.1) is 0 Å². The van der Waals surface area contributed by atoms with Crippen molar-refractivity contribution in [2.24, 2.45) is 0 Å². The molecule has 0 aliphatic carbocycles. The van der Waals surface area contributed by atoms with E-state index in [1.165, 1.54) is 7.11 Å². The third kappa shape index (κ3) is 2.17. The number of rotatable bonds is 1. The fraction of sp³-hybridized carbons (Fsp3) is 0.357. The van der Waals surface area contributed by atoms with Crippen molar-refractivity contribution >= 4 is 33.2 Å². The minimum atomic E-state index is -0.326. The van der Waals surface area contributed by atoms with Crippen molar-refractivity contribution in [3.8, 4) is 0 Å². The van der Waals surface area contributed by atoms with Crippen LogP contribution in [0.3, 0.4) is 0 Å². The Bertz CT molecular complexity index is 547. The maximum Gasteiger partial charge on any atom is 0.339 e. The molecule has 3 nitrogen and oxygen atoms in total. The van der Waals surface area contributed by atoms with E-state index in [1.54, 1.807) is 0 Å². The van der Waals surface area contributed by atoms with Gasteiger partial charge in [0, 0.05) is 15.7 Å². The van der Waals surface area contributed by atoms with E-state index in [1.807, 2.05) is 19.1 Å². The molecule has 1 aliphatic heterocycles. The van der Waals surface area contributed by atoms with E-state index in [0.29, 0.717) is 5.56 Å². The van der Waals surface area contributed by atoms with Crippen LogP contribution in [0.5, 0.6) is 0 Å². The number of anilines is 1. The van der Waals surface area contributed by atoms with E-state index >= 15 is 0 Å². The summed E-state index contributed by atoms with van der Waals surface area (Å²) in [7, 11) is 1.40. The molecular weight excluding hydrogens is 294 g/mol. The minimum absolute atomic E-state index is 0.113. The molecule has 1 aliphatic rings. The number of allylic oxidation sites excluding steroid dienone is 1. The summed E-state index contributed by atoms with van der Waals surface area (Å²) in [6.45, 7) is 6.21. The van der Waals surface area contributed by atoms with Gasteiger partial charge in [0.2, 0.25) is 0 Å². The monoisotopic (exact) mass is 309 g/mol. The van der Waals surface area contributed by atoms with Gasteiger partial charge in [0.1, 0.15) is 0 Å². The molecule has 96 valence electrons. The number of nitrogens with one attached hydrogen (secondary N) is 1. The lowest BCUT2D eigenvalue weighted by molar-refractivity contribution is 0.0599. The number of carbonyl (C=O) groups is 1. The predicted molar refractivity (Wildman–Crippen MR) is 76.8 cm³/mol. The Morgan fingerprint density at radius 3 is 2.67 bits per heavy atom. The first-order valence-corrected chi connectivity index (χ1v) is 6.54. The van der Waals surface area contributed by atoms with Crippen LogP contribution in [0.25, 0.3) is 5.57 Å². The number of halogens is 1. The normalized spacial score (nSPS) is 16.4. The van der Waals surface area contributed by atoms with Crippen LogP contribution in [-0.2, 0) is 4.74 Å². The zero-order chi connectivity index (χ0) is 13.5. The van der Waals surface area contributed by atoms with Crippen LogP contribution < -0.4 is 5.32 Å². The van der Waals surface area contributed by atoms with E-state index in [9.17, 15) is 4.79 Å². The van der Waals surface area contributed by atoms with Crippen molar-refractivity contribution in [1.29, 1.82) is 0 Å². The standard InChI is InChI=1S/C14H16BrNO2/c1-8-7-14(2,3)16-10-6-5-9(15)12(11(8)10)13(17)18-4/h5-7,16H,1-4H3. The third-order valence-electron chi connectivity index (χ3n) is 2.97. The van der Waals surface area contributed by atoms with Gasteiger partial charge in [-0.2, -0.15) is 0 Å². The molecule has 1 N–H and O–H groups in total. The van der Waals surface area contributed by atoms with Crippen molar-refractivity contribution in [3.63, 3.8) is 0 Å². The minimum Gasteiger partial charge on any atom is -0.465 e. The van der Waals surface area contributed by atoms with Crippen LogP contribution in [0.1, 0.15) is 36.7 Å². The molecule has 1 aromatic carbocycles. The zero-order valence-corrected chi connectivity index (χ0v) is 12.5. The number of benzene rings is 1. The molecule has 0 unspecified atom stereocenters. The number of fused-ring (bicyclic) bond motifs is 1. The molecule has 0 fully saturated rings. The lowest BCUT2D eigenvalue weighted by Crippen LogP contribution is -2.32. The first-order valence-electron chi connectivity index (χ1n) is 5.74. The highest BCUT2D eigenvalue weighted by molar-refractivity contribution is 9.10. The van der Waals surface area contributed by atoms with E-state index in [-0.39, 0.29) is 11.5 Å². The van der Waals surface area contributed by atoms with Crippen molar-refractivity contribution in [3.05, 3.63) is 33.8 Å². The number of ether oxygens (including phenoxy) is 1. The Labute approximate surface area is 115 Å². The van der Waals surface area contributed by atoms with Crippen LogP contribution in [0.2, 0.25) is 0 Å². The molecule has 4 heteroatoms. The molecule has 18 heavy (non-hydrogen) atoms. The number of hydrogen-bond donors (Lipinski definition) is 1. The maximum atomic E-state index is 11.9. The highest BCUT2D eigenvalue weighted by Crippen LogP contribution is 2.38. The molecule has 1 heterocycles. The molecule has 2 rings (SSSR count). The second-order valence-corrected chi connectivity index (χ2v) is 5.86. The van der Waals surface area contributed by atoms with E-state index < -0.39 is 0 Å². The molecule has 0 bridgehead atoms. The Morgan fingerprint density at radius 1 is 1.39 bits per heavy atom. The Kier molecular flexibility index (Phi) is 3.23. The fourth-order valence-corrected chi connectivity index (χ4v) is 2.88. The third-order valence-corrected chi connectivity index (χ3v) is 3.63. The zero-order valence-electron chi connectivity index (χ0n) is 10.9. The summed E-state index contributed by atoms with van der Waals surface area (Å²) < 4.78 is 5.61. The largest absolute Gasteiger partial charge is 0.465 e. The van der Waals surface area contributed by atoms with Gasteiger partial charge in [-0.3, -0.25) is 0 Å². The summed E-state index contributed by atoms with van der Waals surface area (Å²) in [4.78, 5) is 11.9. The Morgan fingerprint density at radius 2 is 2.06 bits per heavy atom. The Hall–Kier alpha value is -1.29. The smallest absolute Gasteiger partial charge is 0.339 e. The lowest BCUT2D eigenvalue weighted by atomic mass is 9.88. The molecule has 0 aromatic heterocycles. The van der Waals surface area contributed by atoms with Crippen LogP contribution in [-0.4, -0.2) is 18.6 Å². The summed E-state index contributed by atoms with van der Waals surface area (Å²) in [5.74, 6) is -0.326. The van der Waals surface area contributed by atoms with Gasteiger partial charge in [0.15, 0.2) is 0 Å². The molecule has 0 saturated heterocycles. The molecule has 0 saturated carbocycles. The van der Waals surface area contributed by atoms with Gasteiger partial charge in [-0.25, -0.2) is 4.79 Å². The van der Waals surface area contributed by atoms with Crippen molar-refractivity contribution in [2.45, 2.75) is 26.3 Å². The Balaban J connectivity index is 2.69. The summed E-state index contributed by atoms with van der Waals surface area (Å²) in [5.41, 5.74) is 3.42. The van der Waals surface area contributed by atoms with Crippen LogP contribution >= 0.6 is 15.9 Å². The maximum absolute atomic E-state index is 11.9. The molecule has 0 amide bonds. The second-order valence-electron chi connectivity index (χ2n) is 5.01. The van der Waals surface area contributed by atoms with Gasteiger partial charge in [-0.1, -0.05) is 6.08 Å². The number of hydrogen-bond acceptors (Lipinski definition) is 3. The second kappa shape index (κ2) is 4.43. The van der Waals surface area contributed by atoms with Crippen molar-refractivity contribution in [1.82, 2.24) is 0 Å². The predicted octanol–water partition coefficient (Wildman–Crippen LogP) is 3.84. The van der Waals surface area contributed by atoms with Crippen LogP contribution in [0.4, 0.5) is 5.69 Å². The van der Waals surface area contributed by atoms with Gasteiger partial charge in [-0.15, -0.1) is 0 Å². The van der Waals surface area contributed by atoms with E-state index in [4.69, 9.17) is 4.74 Å². The van der Waals surface area contributed by atoms with Crippen molar-refractivity contribution < 1.29 is 9.53 Å². The summed E-state index contributed by atoms with van der Waals surface area (Å²) in [6.07, 6.45) is 2.12. The first kappa shape index (κ1) is 13.1. The van der Waals surface area contributed by atoms with E-state index in [0.717, 1.165) is 21.3 Å². The SMILES string of the molecule is COC(=O)c1c(Br)ccc2c1C(C)=CC(C)(C)N2. The molecular formula is C14H16BrNO2. The van der Waals surface area contributed by atoms with Crippen molar-refractivity contribution in [2.75, 3.05) is 12.4 Å². The average Bonchev–Trinajstić information content (AvgIpc) is 2.27. The van der Waals surface area contributed by atoms with Gasteiger partial charge < -0.3 is 10.1 Å². The number of methoxy groups -OCH3 is 1. The molecule has 0 spiro atoms. The quantitative estimate of drug-likeness (QED) is 0.801. The van der Waals surface area contributed by atoms with Gasteiger partial charge in [0.25, 0.3) is 0 Å². The fourth-order valence-electron chi connectivity index (χ4n) is 2.39. The lowest BCUT2D eigenvalue weighted by Gasteiger charge is -2.32. The summed E-state index contributed by atoms with van der Waals surface area (Å²) >= 11 is 3.42. The van der Waals surface area contributed by atoms with E-state index in [2.05, 4.69) is 41.2 Å².